The molecule has 2 heterocycles. The van der Waals surface area contributed by atoms with Crippen molar-refractivity contribution in [3.05, 3.63) is 58.8 Å². The van der Waals surface area contributed by atoms with Gasteiger partial charge in [-0.25, -0.2) is 4.98 Å². The van der Waals surface area contributed by atoms with Crippen LogP contribution in [-0.4, -0.2) is 28.1 Å². The fraction of sp³-hybridized carbons (Fsp3) is 0.263. The third-order valence-corrected chi connectivity index (χ3v) is 4.16. The molecule has 0 fully saturated rings. The lowest BCUT2D eigenvalue weighted by Gasteiger charge is -2.22. The maximum atomic E-state index is 12.8. The third-order valence-electron chi connectivity index (χ3n) is 3.92. The number of aryl methyl sites for hydroxylation is 1. The van der Waals surface area contributed by atoms with E-state index in [1.807, 2.05) is 12.1 Å². The van der Waals surface area contributed by atoms with Gasteiger partial charge in [0.15, 0.2) is 5.82 Å². The summed E-state index contributed by atoms with van der Waals surface area (Å²) in [5.74, 6) is 0.991. The van der Waals surface area contributed by atoms with Crippen LogP contribution in [0.5, 0.6) is 5.75 Å². The van der Waals surface area contributed by atoms with E-state index >= 15 is 0 Å². The summed E-state index contributed by atoms with van der Waals surface area (Å²) in [6, 6.07) is 10.5. The first kappa shape index (κ1) is 18.8. The lowest BCUT2D eigenvalue weighted by molar-refractivity contribution is 0.0902. The van der Waals surface area contributed by atoms with Crippen LogP contribution < -0.4 is 10.1 Å². The minimum Gasteiger partial charge on any atom is -0.494 e. The number of halogens is 1. The normalized spacial score (nSPS) is 11.3. The number of carbonyl (C=O) groups excluding carboxylic acids is 1. The zero-order chi connectivity index (χ0) is 19.6. The summed E-state index contributed by atoms with van der Waals surface area (Å²) in [4.78, 5) is 21.4. The van der Waals surface area contributed by atoms with E-state index in [0.29, 0.717) is 28.2 Å². The summed E-state index contributed by atoms with van der Waals surface area (Å²) in [6.45, 7) is 5.27. The predicted octanol–water partition coefficient (Wildman–Crippen LogP) is 3.77. The quantitative estimate of drug-likeness (QED) is 0.717. The average molecular weight is 387 g/mol. The number of carbonyl (C=O) groups is 1. The molecule has 0 bridgehead atoms. The fourth-order valence-electron chi connectivity index (χ4n) is 2.54. The van der Waals surface area contributed by atoms with Crippen molar-refractivity contribution in [1.29, 1.82) is 0 Å². The standard InChI is InChI=1S/C19H19ClN4O3/c1-11-21-18(24-27-11)19(2,3)23-17(25)14-8-9-15(26-4)16(22-14)12-6-5-7-13(20)10-12/h5-10H,1-4H3,(H,23,25). The predicted molar refractivity (Wildman–Crippen MR) is 101 cm³/mol. The van der Waals surface area contributed by atoms with Crippen molar-refractivity contribution in [2.24, 2.45) is 0 Å². The molecule has 1 amide bonds. The van der Waals surface area contributed by atoms with Crippen molar-refractivity contribution < 1.29 is 14.1 Å². The van der Waals surface area contributed by atoms with E-state index in [0.717, 1.165) is 5.56 Å². The number of hydrogen-bond acceptors (Lipinski definition) is 6. The van der Waals surface area contributed by atoms with Crippen LogP contribution >= 0.6 is 11.6 Å². The van der Waals surface area contributed by atoms with E-state index in [1.165, 1.54) is 0 Å². The van der Waals surface area contributed by atoms with Gasteiger partial charge in [-0.3, -0.25) is 4.79 Å². The molecule has 0 radical (unpaired) electrons. The van der Waals surface area contributed by atoms with E-state index in [9.17, 15) is 4.79 Å². The zero-order valence-corrected chi connectivity index (χ0v) is 16.2. The molecule has 27 heavy (non-hydrogen) atoms. The molecule has 3 aromatic rings. The highest BCUT2D eigenvalue weighted by molar-refractivity contribution is 6.30. The minimum atomic E-state index is -0.827. The molecule has 7 nitrogen and oxygen atoms in total. The molecule has 0 spiro atoms. The first-order valence-corrected chi connectivity index (χ1v) is 8.62. The Kier molecular flexibility index (Phi) is 5.14. The summed E-state index contributed by atoms with van der Waals surface area (Å²) in [6.07, 6.45) is 0. The number of nitrogens with one attached hydrogen (secondary N) is 1. The summed E-state index contributed by atoms with van der Waals surface area (Å²) < 4.78 is 10.4. The largest absolute Gasteiger partial charge is 0.494 e. The number of amides is 1. The molecule has 140 valence electrons. The fourth-order valence-corrected chi connectivity index (χ4v) is 2.73. The number of rotatable bonds is 5. The molecule has 0 aliphatic carbocycles. The smallest absolute Gasteiger partial charge is 0.270 e. The third kappa shape index (κ3) is 4.09. The van der Waals surface area contributed by atoms with E-state index in [4.69, 9.17) is 20.9 Å². The Bertz CT molecular complexity index is 985. The van der Waals surface area contributed by atoms with Crippen molar-refractivity contribution in [3.8, 4) is 17.0 Å². The van der Waals surface area contributed by atoms with Gasteiger partial charge in [0, 0.05) is 17.5 Å². The van der Waals surface area contributed by atoms with Crippen molar-refractivity contribution in [2.75, 3.05) is 7.11 Å². The highest BCUT2D eigenvalue weighted by Crippen LogP contribution is 2.30. The van der Waals surface area contributed by atoms with Crippen molar-refractivity contribution in [3.63, 3.8) is 0 Å². The number of aromatic nitrogens is 3. The second-order valence-corrected chi connectivity index (χ2v) is 6.91. The molecular weight excluding hydrogens is 368 g/mol. The molecule has 1 N–H and O–H groups in total. The first-order chi connectivity index (χ1) is 12.8. The van der Waals surface area contributed by atoms with Crippen LogP contribution in [0, 0.1) is 6.92 Å². The molecule has 0 atom stereocenters. The molecule has 3 rings (SSSR count). The Labute approximate surface area is 161 Å². The Morgan fingerprint density at radius 1 is 1.22 bits per heavy atom. The van der Waals surface area contributed by atoms with Crippen LogP contribution in [0.3, 0.4) is 0 Å². The Morgan fingerprint density at radius 2 is 2.00 bits per heavy atom. The summed E-state index contributed by atoms with van der Waals surface area (Å²) in [5, 5.41) is 7.33. The topological polar surface area (TPSA) is 90.1 Å². The minimum absolute atomic E-state index is 0.235. The summed E-state index contributed by atoms with van der Waals surface area (Å²) in [7, 11) is 1.55. The number of pyridine rings is 1. The second kappa shape index (κ2) is 7.36. The Hall–Kier alpha value is -2.93. The van der Waals surface area contributed by atoms with Crippen LogP contribution in [0.25, 0.3) is 11.3 Å². The second-order valence-electron chi connectivity index (χ2n) is 6.47. The number of nitrogens with zero attached hydrogens (tertiary/aromatic N) is 3. The number of ether oxygens (including phenoxy) is 1. The maximum absolute atomic E-state index is 12.8. The molecule has 0 saturated heterocycles. The Balaban J connectivity index is 1.92. The van der Waals surface area contributed by atoms with Gasteiger partial charge >= 0.3 is 0 Å². The van der Waals surface area contributed by atoms with Gasteiger partial charge in [0.1, 0.15) is 17.1 Å². The number of hydrogen-bond donors (Lipinski definition) is 1. The number of methoxy groups -OCH3 is 1. The van der Waals surface area contributed by atoms with Crippen LogP contribution in [0.4, 0.5) is 0 Å². The summed E-state index contributed by atoms with van der Waals surface area (Å²) >= 11 is 6.08. The van der Waals surface area contributed by atoms with Crippen LogP contribution in [0.1, 0.15) is 36.1 Å². The van der Waals surface area contributed by atoms with Gasteiger partial charge in [-0.2, -0.15) is 4.98 Å². The molecule has 0 saturated carbocycles. The first-order valence-electron chi connectivity index (χ1n) is 8.24. The highest BCUT2D eigenvalue weighted by atomic mass is 35.5. The lowest BCUT2D eigenvalue weighted by atomic mass is 10.0. The van der Waals surface area contributed by atoms with Crippen LogP contribution in [0.15, 0.2) is 40.9 Å². The monoisotopic (exact) mass is 386 g/mol. The van der Waals surface area contributed by atoms with Crippen molar-refractivity contribution in [2.45, 2.75) is 26.3 Å². The molecule has 1 aromatic carbocycles. The SMILES string of the molecule is COc1ccc(C(=O)NC(C)(C)c2noc(C)n2)nc1-c1cccc(Cl)c1. The van der Waals surface area contributed by atoms with Crippen LogP contribution in [0.2, 0.25) is 5.02 Å². The van der Waals surface area contributed by atoms with Crippen molar-refractivity contribution in [1.82, 2.24) is 20.4 Å². The van der Waals surface area contributed by atoms with Gasteiger partial charge in [0.05, 0.1) is 12.6 Å². The average Bonchev–Trinajstić information content (AvgIpc) is 3.08. The van der Waals surface area contributed by atoms with Crippen molar-refractivity contribution >= 4 is 17.5 Å². The van der Waals surface area contributed by atoms with E-state index in [-0.39, 0.29) is 11.6 Å². The molecule has 8 heteroatoms. The molecular formula is C19H19ClN4O3. The van der Waals surface area contributed by atoms with E-state index < -0.39 is 5.54 Å². The molecule has 0 unspecified atom stereocenters. The summed E-state index contributed by atoms with van der Waals surface area (Å²) in [5.41, 5.74) is 0.689. The van der Waals surface area contributed by atoms with Gasteiger partial charge in [0.25, 0.3) is 5.91 Å². The van der Waals surface area contributed by atoms with E-state index in [1.54, 1.807) is 52.1 Å². The molecule has 0 aliphatic rings. The highest BCUT2D eigenvalue weighted by Gasteiger charge is 2.29. The van der Waals surface area contributed by atoms with Gasteiger partial charge < -0.3 is 14.6 Å². The van der Waals surface area contributed by atoms with Gasteiger partial charge in [-0.1, -0.05) is 28.9 Å². The molecule has 0 aliphatic heterocycles. The van der Waals surface area contributed by atoms with Gasteiger partial charge in [-0.05, 0) is 38.1 Å². The molecule has 2 aromatic heterocycles. The van der Waals surface area contributed by atoms with Gasteiger partial charge in [-0.15, -0.1) is 0 Å². The lowest BCUT2D eigenvalue weighted by Crippen LogP contribution is -2.42. The van der Waals surface area contributed by atoms with E-state index in [2.05, 4.69) is 20.4 Å². The number of benzene rings is 1. The van der Waals surface area contributed by atoms with Crippen LogP contribution in [-0.2, 0) is 5.54 Å². The van der Waals surface area contributed by atoms with Gasteiger partial charge in [0.2, 0.25) is 5.89 Å². The Morgan fingerprint density at radius 3 is 2.63 bits per heavy atom. The maximum Gasteiger partial charge on any atom is 0.270 e. The zero-order valence-electron chi connectivity index (χ0n) is 15.4.